The average molecular weight is 575 g/mol. The van der Waals surface area contributed by atoms with Gasteiger partial charge in [-0.2, -0.15) is 0 Å². The topological polar surface area (TPSA) is 163 Å². The van der Waals surface area contributed by atoms with E-state index in [-0.39, 0.29) is 37.3 Å². The Bertz CT molecular complexity index is 1670. The number of aromatic amines is 1. The molecule has 2 saturated heterocycles. The molecular weight excluding hydrogens is 544 g/mol. The van der Waals surface area contributed by atoms with Crippen LogP contribution in [0.25, 0.3) is 21.8 Å². The zero-order chi connectivity index (χ0) is 28.7. The molecule has 0 aliphatic carbocycles. The summed E-state index contributed by atoms with van der Waals surface area (Å²) in [5.74, 6) is -2.25. The molecule has 2 fully saturated rings. The van der Waals surface area contributed by atoms with E-state index in [0.717, 1.165) is 26.7 Å². The van der Waals surface area contributed by atoms with Gasteiger partial charge in [0.2, 0.25) is 11.8 Å². The molecule has 11 nitrogen and oxygen atoms in total. The van der Waals surface area contributed by atoms with Crippen molar-refractivity contribution < 1.29 is 23.9 Å². The minimum absolute atomic E-state index is 0.0423. The van der Waals surface area contributed by atoms with E-state index in [2.05, 4.69) is 15.6 Å². The number of rotatable bonds is 7. The first-order chi connectivity index (χ1) is 19.7. The van der Waals surface area contributed by atoms with Crippen LogP contribution in [0.1, 0.15) is 40.2 Å². The highest BCUT2D eigenvalue weighted by atomic mass is 32.1. The van der Waals surface area contributed by atoms with Crippen LogP contribution in [0.4, 0.5) is 0 Å². The number of likely N-dealkylation sites (tertiary alicyclic amines) is 1. The van der Waals surface area contributed by atoms with Gasteiger partial charge in [0.05, 0.1) is 32.3 Å². The van der Waals surface area contributed by atoms with Gasteiger partial charge in [-0.3, -0.25) is 19.8 Å². The third-order valence-electron chi connectivity index (χ3n) is 7.61. The molecule has 2 aliphatic rings. The molecule has 0 bridgehead atoms. The fourth-order valence-electron chi connectivity index (χ4n) is 5.50. The number of nitrogen functional groups attached to an aromatic ring is 1. The second-order valence-electron chi connectivity index (χ2n) is 10.3. The number of amides is 3. The first-order valence-corrected chi connectivity index (χ1v) is 14.2. The molecule has 4 aromatic rings. The summed E-state index contributed by atoms with van der Waals surface area (Å²) in [6.07, 6.45) is 0.186. The first kappa shape index (κ1) is 26.9. The van der Waals surface area contributed by atoms with Crippen LogP contribution < -0.4 is 16.4 Å². The lowest BCUT2D eigenvalue weighted by Gasteiger charge is -2.25. The van der Waals surface area contributed by atoms with Crippen molar-refractivity contribution in [1.29, 1.82) is 5.41 Å². The number of carbonyl (C=O) groups excluding carboxylic acids is 3. The summed E-state index contributed by atoms with van der Waals surface area (Å²) in [5.41, 5.74) is 8.39. The predicted molar refractivity (Wildman–Crippen MR) is 155 cm³/mol. The number of para-hydroxylation sites is 1. The number of aromatic nitrogens is 1. The number of fused-ring (bicyclic) bond motifs is 3. The molecular formula is C29H30N6O5S. The molecule has 1 spiro atoms. The van der Waals surface area contributed by atoms with Crippen LogP contribution in [0.3, 0.4) is 0 Å². The third-order valence-corrected chi connectivity index (χ3v) is 8.73. The van der Waals surface area contributed by atoms with E-state index in [1.165, 1.54) is 16.2 Å². The highest BCUT2D eigenvalue weighted by Crippen LogP contribution is 2.35. The Kier molecular flexibility index (Phi) is 6.98. The third kappa shape index (κ3) is 5.17. The van der Waals surface area contributed by atoms with E-state index < -0.39 is 23.6 Å². The number of thiophene rings is 1. The second kappa shape index (κ2) is 10.6. The number of carbonyl (C=O) groups is 3. The maximum atomic E-state index is 13.4. The molecule has 0 radical (unpaired) electrons. The van der Waals surface area contributed by atoms with Gasteiger partial charge >= 0.3 is 0 Å². The zero-order valence-corrected chi connectivity index (χ0v) is 23.2. The standard InChI is InChI=1S/C29H30N6O5S/c1-16(24-11-18(14-41-24)26(30)31)33-28(38)23-12-29(39-8-9-40-29)15-35(23)25(36)13-32-27(37)17-6-7-20-19-4-2-3-5-21(19)34-22(20)10-17/h2-7,10-11,14,16,23,34H,8-9,12-13,15H2,1H3,(H3,30,31)(H,32,37)(H,33,38)/t16-,23+/m1/s1. The fraction of sp³-hybridized carbons (Fsp3) is 0.310. The van der Waals surface area contributed by atoms with Crippen LogP contribution in [0.15, 0.2) is 53.9 Å². The summed E-state index contributed by atoms with van der Waals surface area (Å²) >= 11 is 1.39. The van der Waals surface area contributed by atoms with Gasteiger partial charge in [-0.15, -0.1) is 11.3 Å². The number of nitrogens with one attached hydrogen (secondary N) is 4. The summed E-state index contributed by atoms with van der Waals surface area (Å²) < 4.78 is 11.6. The SMILES string of the molecule is C[C@@H](NC(=O)[C@@H]1CC2(CN1C(=O)CNC(=O)c1ccc3c(c1)[nH]c1ccccc13)OCCO2)c1cc(C(=N)N)cs1. The van der Waals surface area contributed by atoms with Crippen molar-refractivity contribution in [2.75, 3.05) is 26.3 Å². The van der Waals surface area contributed by atoms with Gasteiger partial charge in [-0.05, 0) is 31.2 Å². The predicted octanol–water partition coefficient (Wildman–Crippen LogP) is 2.62. The normalized spacial score (nSPS) is 18.7. The molecule has 0 unspecified atom stereocenters. The van der Waals surface area contributed by atoms with Gasteiger partial charge < -0.3 is 35.7 Å². The Labute approximate surface area is 239 Å². The zero-order valence-electron chi connectivity index (χ0n) is 22.4. The minimum Gasteiger partial charge on any atom is -0.384 e. The summed E-state index contributed by atoms with van der Waals surface area (Å²) in [4.78, 5) is 45.4. The monoisotopic (exact) mass is 574 g/mol. The number of nitrogens with two attached hydrogens (primary N) is 1. The van der Waals surface area contributed by atoms with Crippen LogP contribution in [-0.4, -0.2) is 71.6 Å². The average Bonchev–Trinajstić information content (AvgIpc) is 3.77. The molecule has 2 aliphatic heterocycles. The summed E-state index contributed by atoms with van der Waals surface area (Å²) in [6.45, 7) is 2.39. The van der Waals surface area contributed by atoms with Crippen LogP contribution in [0.2, 0.25) is 0 Å². The van der Waals surface area contributed by atoms with Gasteiger partial charge in [-0.25, -0.2) is 0 Å². The largest absolute Gasteiger partial charge is 0.384 e. The highest BCUT2D eigenvalue weighted by molar-refractivity contribution is 7.10. The Hall–Kier alpha value is -4.26. The molecule has 6 N–H and O–H groups in total. The highest BCUT2D eigenvalue weighted by Gasteiger charge is 2.52. The molecule has 12 heteroatoms. The number of H-pyrrole nitrogens is 1. The maximum absolute atomic E-state index is 13.4. The van der Waals surface area contributed by atoms with Gasteiger partial charge in [0.1, 0.15) is 11.9 Å². The van der Waals surface area contributed by atoms with Crippen molar-refractivity contribution in [3.8, 4) is 0 Å². The fourth-order valence-corrected chi connectivity index (χ4v) is 6.41. The van der Waals surface area contributed by atoms with E-state index >= 15 is 0 Å². The van der Waals surface area contributed by atoms with Crippen LogP contribution in [0, 0.1) is 5.41 Å². The molecule has 0 saturated carbocycles. The van der Waals surface area contributed by atoms with Crippen LogP contribution in [-0.2, 0) is 19.1 Å². The van der Waals surface area contributed by atoms with Crippen molar-refractivity contribution in [1.82, 2.24) is 20.5 Å². The lowest BCUT2D eigenvalue weighted by atomic mass is 10.1. The van der Waals surface area contributed by atoms with Crippen molar-refractivity contribution in [2.45, 2.75) is 31.2 Å². The van der Waals surface area contributed by atoms with Gasteiger partial charge in [0.15, 0.2) is 5.79 Å². The number of nitrogens with zero attached hydrogens (tertiary/aromatic N) is 1. The molecule has 2 aromatic carbocycles. The summed E-state index contributed by atoms with van der Waals surface area (Å²) in [7, 11) is 0. The number of benzene rings is 2. The van der Waals surface area contributed by atoms with E-state index in [1.807, 2.05) is 37.3 Å². The molecule has 212 valence electrons. The van der Waals surface area contributed by atoms with Crippen molar-refractivity contribution >= 4 is 56.7 Å². The van der Waals surface area contributed by atoms with Crippen molar-refractivity contribution in [3.63, 3.8) is 0 Å². The van der Waals surface area contributed by atoms with Crippen molar-refractivity contribution in [2.24, 2.45) is 5.73 Å². The minimum atomic E-state index is -1.05. The lowest BCUT2D eigenvalue weighted by molar-refractivity contribution is -0.152. The number of hydrogen-bond acceptors (Lipinski definition) is 7. The summed E-state index contributed by atoms with van der Waals surface area (Å²) in [6, 6.07) is 13.9. The molecule has 2 atom stereocenters. The van der Waals surface area contributed by atoms with E-state index in [4.69, 9.17) is 20.6 Å². The number of ether oxygens (including phenoxy) is 2. The Morgan fingerprint density at radius 2 is 1.88 bits per heavy atom. The Balaban J connectivity index is 1.14. The van der Waals surface area contributed by atoms with Gasteiger partial charge in [0.25, 0.3) is 5.91 Å². The molecule has 6 rings (SSSR count). The summed E-state index contributed by atoms with van der Waals surface area (Å²) in [5, 5.41) is 17.1. The van der Waals surface area contributed by atoms with Crippen LogP contribution >= 0.6 is 11.3 Å². The number of amidine groups is 1. The molecule has 3 amide bonds. The van der Waals surface area contributed by atoms with E-state index in [9.17, 15) is 14.4 Å². The quantitative estimate of drug-likeness (QED) is 0.168. The van der Waals surface area contributed by atoms with Crippen LogP contribution in [0.5, 0.6) is 0 Å². The lowest BCUT2D eigenvalue weighted by Crippen LogP contribution is -2.49. The van der Waals surface area contributed by atoms with Gasteiger partial charge in [-0.1, -0.05) is 24.3 Å². The molecule has 4 heterocycles. The van der Waals surface area contributed by atoms with E-state index in [0.29, 0.717) is 24.3 Å². The van der Waals surface area contributed by atoms with E-state index in [1.54, 1.807) is 23.6 Å². The Morgan fingerprint density at radius 1 is 1.12 bits per heavy atom. The molecule has 2 aromatic heterocycles. The maximum Gasteiger partial charge on any atom is 0.251 e. The smallest absolute Gasteiger partial charge is 0.251 e. The first-order valence-electron chi connectivity index (χ1n) is 13.3. The van der Waals surface area contributed by atoms with Crippen molar-refractivity contribution in [3.05, 3.63) is 69.9 Å². The molecule has 41 heavy (non-hydrogen) atoms. The Morgan fingerprint density at radius 3 is 2.63 bits per heavy atom. The number of hydrogen-bond donors (Lipinski definition) is 5. The van der Waals surface area contributed by atoms with Gasteiger partial charge in [0, 0.05) is 49.6 Å². The second-order valence-corrected chi connectivity index (χ2v) is 11.3.